The largest absolute Gasteiger partial charge is 0.306 e. The molecule has 152 valence electrons. The maximum absolute atomic E-state index is 13.2. The van der Waals surface area contributed by atoms with Gasteiger partial charge in [-0.05, 0) is 23.8 Å². The first kappa shape index (κ1) is 18.9. The summed E-state index contributed by atoms with van der Waals surface area (Å²) in [6.45, 7) is 0.296. The second-order valence-electron chi connectivity index (χ2n) is 6.85. The molecule has 5 aromatic rings. The molecule has 4 heterocycles. The van der Waals surface area contributed by atoms with Gasteiger partial charge in [0.05, 0.1) is 17.5 Å². The summed E-state index contributed by atoms with van der Waals surface area (Å²) >= 11 is 1.28. The van der Waals surface area contributed by atoms with E-state index < -0.39 is 5.91 Å². The summed E-state index contributed by atoms with van der Waals surface area (Å²) in [7, 11) is 0. The van der Waals surface area contributed by atoms with Crippen molar-refractivity contribution >= 4 is 39.1 Å². The van der Waals surface area contributed by atoms with Gasteiger partial charge in [-0.25, -0.2) is 9.97 Å². The SMILES string of the molecule is N=c1c(C(=O)Nc2nccs2)cc2c(=O)n3ccccc3nc2n1Cc1ccccc1. The van der Waals surface area contributed by atoms with Crippen LogP contribution < -0.4 is 16.4 Å². The third-order valence-corrected chi connectivity index (χ3v) is 5.59. The molecular weight excluding hydrogens is 412 g/mol. The first-order valence-corrected chi connectivity index (χ1v) is 10.3. The number of carbonyl (C=O) groups is 1. The molecule has 0 saturated heterocycles. The number of rotatable bonds is 4. The summed E-state index contributed by atoms with van der Waals surface area (Å²) in [6, 6.07) is 16.3. The first-order valence-electron chi connectivity index (χ1n) is 9.46. The molecule has 31 heavy (non-hydrogen) atoms. The second kappa shape index (κ2) is 7.62. The summed E-state index contributed by atoms with van der Waals surface area (Å²) in [5.74, 6) is -0.499. The van der Waals surface area contributed by atoms with Gasteiger partial charge in [-0.1, -0.05) is 36.4 Å². The van der Waals surface area contributed by atoms with Gasteiger partial charge in [0, 0.05) is 17.8 Å². The highest BCUT2D eigenvalue weighted by Gasteiger charge is 2.18. The standard InChI is InChI=1S/C22H16N6O2S/c23-18-15(20(29)26-22-24-9-11-31-22)12-16-19(28(18)13-14-6-2-1-3-7-14)25-17-8-4-5-10-27(17)21(16)30/h1-12,23H,13H2,(H,24,26,29). The molecule has 1 aromatic carbocycles. The van der Waals surface area contributed by atoms with Gasteiger partial charge in [0.25, 0.3) is 11.5 Å². The quantitative estimate of drug-likeness (QED) is 0.430. The Labute approximate surface area is 179 Å². The summed E-state index contributed by atoms with van der Waals surface area (Å²) in [4.78, 5) is 34.8. The van der Waals surface area contributed by atoms with Crippen molar-refractivity contribution in [3.8, 4) is 0 Å². The van der Waals surface area contributed by atoms with Gasteiger partial charge in [-0.2, -0.15) is 0 Å². The third kappa shape index (κ3) is 3.40. The molecule has 0 aliphatic carbocycles. The lowest BCUT2D eigenvalue weighted by Crippen LogP contribution is -2.32. The normalized spacial score (nSPS) is 11.1. The topological polar surface area (TPSA) is 105 Å². The third-order valence-electron chi connectivity index (χ3n) is 4.90. The van der Waals surface area contributed by atoms with Crippen molar-refractivity contribution in [3.63, 3.8) is 0 Å². The number of anilines is 1. The Morgan fingerprint density at radius 1 is 1.13 bits per heavy atom. The molecule has 0 spiro atoms. The number of fused-ring (bicyclic) bond motifs is 2. The molecule has 0 radical (unpaired) electrons. The van der Waals surface area contributed by atoms with Gasteiger partial charge in [-0.15, -0.1) is 11.3 Å². The Kier molecular flexibility index (Phi) is 4.64. The predicted octanol–water partition coefficient (Wildman–Crippen LogP) is 2.89. The maximum Gasteiger partial charge on any atom is 0.267 e. The van der Waals surface area contributed by atoms with Crippen LogP contribution in [0, 0.1) is 5.41 Å². The van der Waals surface area contributed by atoms with E-state index in [-0.39, 0.29) is 22.0 Å². The fraction of sp³-hybridized carbons (Fsp3) is 0.0455. The number of carbonyl (C=O) groups excluding carboxylic acids is 1. The molecule has 2 N–H and O–H groups in total. The highest BCUT2D eigenvalue weighted by Crippen LogP contribution is 2.15. The van der Waals surface area contributed by atoms with Crippen LogP contribution in [-0.4, -0.2) is 24.8 Å². The van der Waals surface area contributed by atoms with Crippen molar-refractivity contribution in [2.75, 3.05) is 5.32 Å². The van der Waals surface area contributed by atoms with Crippen molar-refractivity contribution in [1.29, 1.82) is 5.41 Å². The minimum absolute atomic E-state index is 0.0300. The molecule has 0 fully saturated rings. The Morgan fingerprint density at radius 2 is 1.94 bits per heavy atom. The molecule has 0 bridgehead atoms. The van der Waals surface area contributed by atoms with Crippen LogP contribution in [0.4, 0.5) is 5.13 Å². The van der Waals surface area contributed by atoms with E-state index in [4.69, 9.17) is 5.41 Å². The van der Waals surface area contributed by atoms with Crippen LogP contribution in [0.25, 0.3) is 16.7 Å². The Morgan fingerprint density at radius 3 is 2.71 bits per heavy atom. The summed E-state index contributed by atoms with van der Waals surface area (Å²) in [5.41, 5.74) is 1.50. The van der Waals surface area contributed by atoms with Crippen molar-refractivity contribution in [3.05, 3.63) is 99.3 Å². The van der Waals surface area contributed by atoms with E-state index in [1.165, 1.54) is 21.8 Å². The van der Waals surface area contributed by atoms with Crippen LogP contribution in [-0.2, 0) is 6.54 Å². The van der Waals surface area contributed by atoms with E-state index in [1.54, 1.807) is 40.5 Å². The first-order chi connectivity index (χ1) is 15.1. The van der Waals surface area contributed by atoms with Gasteiger partial charge in [0.1, 0.15) is 16.8 Å². The van der Waals surface area contributed by atoms with Crippen molar-refractivity contribution in [1.82, 2.24) is 18.9 Å². The number of amides is 1. The fourth-order valence-corrected chi connectivity index (χ4v) is 3.95. The molecule has 0 atom stereocenters. The Hall–Kier alpha value is -4.11. The molecule has 1 amide bonds. The van der Waals surface area contributed by atoms with Crippen LogP contribution >= 0.6 is 11.3 Å². The Bertz CT molecular complexity index is 1540. The predicted molar refractivity (Wildman–Crippen MR) is 118 cm³/mol. The van der Waals surface area contributed by atoms with Gasteiger partial charge in [0.15, 0.2) is 5.13 Å². The number of nitrogens with one attached hydrogen (secondary N) is 2. The fourth-order valence-electron chi connectivity index (χ4n) is 3.43. The van der Waals surface area contributed by atoms with Crippen molar-refractivity contribution in [2.24, 2.45) is 0 Å². The average molecular weight is 428 g/mol. The molecule has 0 aliphatic heterocycles. The van der Waals surface area contributed by atoms with Crippen molar-refractivity contribution in [2.45, 2.75) is 6.54 Å². The van der Waals surface area contributed by atoms with Crippen LogP contribution in [0.5, 0.6) is 0 Å². The number of hydrogen-bond donors (Lipinski definition) is 2. The summed E-state index contributed by atoms with van der Waals surface area (Å²) in [5, 5.41) is 13.9. The minimum atomic E-state index is -0.499. The van der Waals surface area contributed by atoms with E-state index in [9.17, 15) is 9.59 Å². The number of aromatic nitrogens is 4. The monoisotopic (exact) mass is 428 g/mol. The van der Waals surface area contributed by atoms with E-state index in [2.05, 4.69) is 15.3 Å². The van der Waals surface area contributed by atoms with Crippen LogP contribution in [0.15, 0.2) is 77.2 Å². The zero-order chi connectivity index (χ0) is 21.4. The van der Waals surface area contributed by atoms with Gasteiger partial charge >= 0.3 is 0 Å². The van der Waals surface area contributed by atoms with E-state index >= 15 is 0 Å². The average Bonchev–Trinajstić information content (AvgIpc) is 3.30. The molecular formula is C22H16N6O2S. The second-order valence-corrected chi connectivity index (χ2v) is 7.75. The molecule has 4 aromatic heterocycles. The smallest absolute Gasteiger partial charge is 0.267 e. The lowest BCUT2D eigenvalue weighted by molar-refractivity contribution is 0.102. The molecule has 0 saturated carbocycles. The van der Waals surface area contributed by atoms with Gasteiger partial charge in [0.2, 0.25) is 0 Å². The highest BCUT2D eigenvalue weighted by molar-refractivity contribution is 7.13. The zero-order valence-electron chi connectivity index (χ0n) is 16.1. The molecule has 5 rings (SSSR count). The van der Waals surface area contributed by atoms with Gasteiger partial charge < -0.3 is 4.57 Å². The van der Waals surface area contributed by atoms with Crippen LogP contribution in [0.2, 0.25) is 0 Å². The number of hydrogen-bond acceptors (Lipinski definition) is 6. The maximum atomic E-state index is 13.2. The van der Waals surface area contributed by atoms with Crippen LogP contribution in [0.3, 0.4) is 0 Å². The highest BCUT2D eigenvalue weighted by atomic mass is 32.1. The van der Waals surface area contributed by atoms with Crippen molar-refractivity contribution < 1.29 is 4.79 Å². The van der Waals surface area contributed by atoms with Crippen LogP contribution in [0.1, 0.15) is 15.9 Å². The minimum Gasteiger partial charge on any atom is -0.306 e. The number of pyridine rings is 2. The van der Waals surface area contributed by atoms with Gasteiger partial charge in [-0.3, -0.25) is 24.7 Å². The lowest BCUT2D eigenvalue weighted by atomic mass is 10.1. The number of thiazole rings is 1. The summed E-state index contributed by atoms with van der Waals surface area (Å²) in [6.07, 6.45) is 3.22. The summed E-state index contributed by atoms with van der Waals surface area (Å²) < 4.78 is 3.02. The zero-order valence-corrected chi connectivity index (χ0v) is 17.0. The lowest BCUT2D eigenvalue weighted by Gasteiger charge is -2.14. The van der Waals surface area contributed by atoms with E-state index in [1.807, 2.05) is 30.3 Å². The molecule has 8 nitrogen and oxygen atoms in total. The van der Waals surface area contributed by atoms with E-state index in [0.717, 1.165) is 5.56 Å². The molecule has 0 aliphatic rings. The molecule has 9 heteroatoms. The number of nitrogens with zero attached hydrogens (tertiary/aromatic N) is 4. The molecule has 0 unspecified atom stereocenters. The van der Waals surface area contributed by atoms with E-state index in [0.29, 0.717) is 23.0 Å². The number of benzene rings is 1. The Balaban J connectivity index is 1.78.